The number of aryl methyl sites for hydroxylation is 1. The van der Waals surface area contributed by atoms with Crippen LogP contribution in [-0.2, 0) is 13.0 Å². The predicted octanol–water partition coefficient (Wildman–Crippen LogP) is 3.55. The molecule has 2 saturated heterocycles. The lowest BCUT2D eigenvalue weighted by Gasteiger charge is -2.40. The molecule has 1 atom stereocenters. The third-order valence-electron chi connectivity index (χ3n) is 6.45. The molecule has 2 aliphatic heterocycles. The van der Waals surface area contributed by atoms with Crippen LogP contribution in [0.25, 0.3) is 0 Å². The topological polar surface area (TPSA) is 52.2 Å². The Morgan fingerprint density at radius 2 is 2.00 bits per heavy atom. The molecule has 3 heterocycles. The zero-order valence-corrected chi connectivity index (χ0v) is 16.8. The summed E-state index contributed by atoms with van der Waals surface area (Å²) in [5.41, 5.74) is 3.91. The van der Waals surface area contributed by atoms with Crippen LogP contribution in [0.1, 0.15) is 53.5 Å². The van der Waals surface area contributed by atoms with E-state index >= 15 is 0 Å². The summed E-state index contributed by atoms with van der Waals surface area (Å²) in [6, 6.07) is 6.79. The van der Waals surface area contributed by atoms with Crippen LogP contribution in [0.15, 0.2) is 24.3 Å². The molecule has 0 radical (unpaired) electrons. The van der Waals surface area contributed by atoms with Crippen LogP contribution in [-0.4, -0.2) is 52.1 Å². The molecule has 0 saturated carbocycles. The highest BCUT2D eigenvalue weighted by atomic mass is 19.1. The molecule has 2 aliphatic rings. The molecule has 28 heavy (non-hydrogen) atoms. The van der Waals surface area contributed by atoms with Gasteiger partial charge in [-0.15, -0.1) is 0 Å². The third-order valence-corrected chi connectivity index (χ3v) is 6.45. The van der Waals surface area contributed by atoms with Crippen molar-refractivity contribution in [3.05, 3.63) is 52.6 Å². The highest BCUT2D eigenvalue weighted by Gasteiger charge is 2.43. The van der Waals surface area contributed by atoms with Gasteiger partial charge >= 0.3 is 0 Å². The van der Waals surface area contributed by atoms with E-state index in [1.807, 2.05) is 24.0 Å². The Hall–Kier alpha value is -2.21. The Kier molecular flexibility index (Phi) is 5.23. The molecule has 1 aromatic heterocycles. The Balaban J connectivity index is 1.42. The highest BCUT2D eigenvalue weighted by molar-refractivity contribution is 5.94. The van der Waals surface area contributed by atoms with Crippen LogP contribution in [0.2, 0.25) is 0 Å². The summed E-state index contributed by atoms with van der Waals surface area (Å²) < 4.78 is 13.2. The van der Waals surface area contributed by atoms with Crippen LogP contribution < -0.4 is 0 Å². The number of aromatic nitrogens is 2. The number of carbonyl (C=O) groups is 1. The number of nitrogens with one attached hydrogen (secondary N) is 1. The van der Waals surface area contributed by atoms with Crippen LogP contribution in [0.4, 0.5) is 4.39 Å². The number of nitrogens with zero attached hydrogens (tertiary/aromatic N) is 3. The summed E-state index contributed by atoms with van der Waals surface area (Å²) in [5, 5.41) is 7.29. The molecule has 5 nitrogen and oxygen atoms in total. The molecule has 150 valence electrons. The third kappa shape index (κ3) is 3.70. The summed E-state index contributed by atoms with van der Waals surface area (Å²) in [4.78, 5) is 17.5. The average Bonchev–Trinajstić information content (AvgIpc) is 3.27. The van der Waals surface area contributed by atoms with E-state index < -0.39 is 0 Å². The summed E-state index contributed by atoms with van der Waals surface area (Å²) in [5.74, 6) is -0.135. The first-order chi connectivity index (χ1) is 13.5. The number of H-pyrrole nitrogens is 1. The number of piperidine rings is 1. The Morgan fingerprint density at radius 1 is 1.21 bits per heavy atom. The molecule has 4 rings (SSSR count). The fourth-order valence-corrected chi connectivity index (χ4v) is 4.87. The van der Waals surface area contributed by atoms with Gasteiger partial charge in [0.05, 0.1) is 0 Å². The number of benzene rings is 1. The molecule has 0 bridgehead atoms. The monoisotopic (exact) mass is 384 g/mol. The van der Waals surface area contributed by atoms with Crippen LogP contribution in [0.5, 0.6) is 0 Å². The second-order valence-corrected chi connectivity index (χ2v) is 8.45. The average molecular weight is 384 g/mol. The van der Waals surface area contributed by atoms with Gasteiger partial charge in [0.25, 0.3) is 5.91 Å². The van der Waals surface area contributed by atoms with E-state index in [9.17, 15) is 9.18 Å². The number of likely N-dealkylation sites (tertiary alicyclic amines) is 2. The molecular formula is C22H29FN4O. The smallest absolute Gasteiger partial charge is 0.274 e. The van der Waals surface area contributed by atoms with E-state index in [-0.39, 0.29) is 17.1 Å². The van der Waals surface area contributed by atoms with Crippen molar-refractivity contribution in [2.75, 3.05) is 26.2 Å². The number of hydrogen-bond acceptors (Lipinski definition) is 3. The minimum Gasteiger partial charge on any atom is -0.337 e. The van der Waals surface area contributed by atoms with E-state index in [1.165, 1.54) is 12.1 Å². The molecule has 1 N–H and O–H groups in total. The number of amides is 1. The summed E-state index contributed by atoms with van der Waals surface area (Å²) in [6.45, 7) is 8.55. The molecule has 6 heteroatoms. The van der Waals surface area contributed by atoms with E-state index in [4.69, 9.17) is 0 Å². The van der Waals surface area contributed by atoms with Crippen molar-refractivity contribution < 1.29 is 9.18 Å². The minimum absolute atomic E-state index is 0.0565. The van der Waals surface area contributed by atoms with Crippen molar-refractivity contribution in [1.29, 1.82) is 0 Å². The fraction of sp³-hybridized carbons (Fsp3) is 0.545. The second-order valence-electron chi connectivity index (χ2n) is 8.45. The van der Waals surface area contributed by atoms with Crippen LogP contribution in [0.3, 0.4) is 0 Å². The van der Waals surface area contributed by atoms with E-state index in [0.717, 1.165) is 75.2 Å². The number of carbonyl (C=O) groups excluding carboxylic acids is 1. The maximum atomic E-state index is 13.2. The first-order valence-electron chi connectivity index (χ1n) is 10.3. The van der Waals surface area contributed by atoms with Gasteiger partial charge < -0.3 is 4.90 Å². The van der Waals surface area contributed by atoms with Gasteiger partial charge in [-0.3, -0.25) is 14.8 Å². The van der Waals surface area contributed by atoms with Crippen molar-refractivity contribution in [1.82, 2.24) is 20.0 Å². The van der Waals surface area contributed by atoms with Gasteiger partial charge in [-0.1, -0.05) is 19.1 Å². The van der Waals surface area contributed by atoms with Crippen molar-refractivity contribution in [3.8, 4) is 0 Å². The molecule has 1 amide bonds. The van der Waals surface area contributed by atoms with Gasteiger partial charge in [-0.2, -0.15) is 5.10 Å². The summed E-state index contributed by atoms with van der Waals surface area (Å²) >= 11 is 0. The first kappa shape index (κ1) is 19.1. The lowest BCUT2D eigenvalue weighted by atomic mass is 9.79. The molecular weight excluding hydrogens is 355 g/mol. The normalized spacial score (nSPS) is 22.9. The Bertz CT molecular complexity index is 847. The van der Waals surface area contributed by atoms with Crippen molar-refractivity contribution >= 4 is 5.91 Å². The van der Waals surface area contributed by atoms with Crippen molar-refractivity contribution in [2.45, 2.75) is 46.1 Å². The predicted molar refractivity (Wildman–Crippen MR) is 107 cm³/mol. The van der Waals surface area contributed by atoms with Gasteiger partial charge in [-0.05, 0) is 56.8 Å². The van der Waals surface area contributed by atoms with Crippen LogP contribution in [0, 0.1) is 18.2 Å². The quantitative estimate of drug-likeness (QED) is 0.877. The maximum absolute atomic E-state index is 13.2. The number of rotatable bonds is 4. The number of aromatic amines is 1. The molecule has 0 unspecified atom stereocenters. The number of halogens is 1. The summed E-state index contributed by atoms with van der Waals surface area (Å²) in [7, 11) is 0. The van der Waals surface area contributed by atoms with Crippen molar-refractivity contribution in [3.63, 3.8) is 0 Å². The first-order valence-corrected chi connectivity index (χ1v) is 10.3. The molecule has 2 fully saturated rings. The standard InChI is InChI=1S/C22H29FN4O/c1-3-19-16(2)20(25-24-19)21(28)27-12-10-22(15-27)9-4-11-26(14-22)13-17-5-7-18(23)8-6-17/h5-8H,3-4,9-15H2,1-2H3,(H,24,25)/t22-/m0/s1. The number of hydrogen-bond donors (Lipinski definition) is 1. The van der Waals surface area contributed by atoms with E-state index in [1.54, 1.807) is 0 Å². The lowest BCUT2D eigenvalue weighted by Crippen LogP contribution is -2.45. The van der Waals surface area contributed by atoms with Gasteiger partial charge in [0.15, 0.2) is 5.69 Å². The van der Waals surface area contributed by atoms with Gasteiger partial charge in [-0.25, -0.2) is 4.39 Å². The lowest BCUT2D eigenvalue weighted by molar-refractivity contribution is 0.0670. The van der Waals surface area contributed by atoms with E-state index in [2.05, 4.69) is 22.0 Å². The molecule has 1 aromatic carbocycles. The minimum atomic E-state index is -0.191. The zero-order chi connectivity index (χ0) is 19.7. The maximum Gasteiger partial charge on any atom is 0.274 e. The Labute approximate surface area is 165 Å². The van der Waals surface area contributed by atoms with Gasteiger partial charge in [0.2, 0.25) is 0 Å². The largest absolute Gasteiger partial charge is 0.337 e. The highest BCUT2D eigenvalue weighted by Crippen LogP contribution is 2.40. The molecule has 1 spiro atoms. The zero-order valence-electron chi connectivity index (χ0n) is 16.8. The Morgan fingerprint density at radius 3 is 2.71 bits per heavy atom. The molecule has 0 aliphatic carbocycles. The SMILES string of the molecule is CCc1[nH]nc(C(=O)N2CC[C@]3(CCCN(Cc4ccc(F)cc4)C3)C2)c1C. The summed E-state index contributed by atoms with van der Waals surface area (Å²) in [6.07, 6.45) is 4.21. The van der Waals surface area contributed by atoms with E-state index in [0.29, 0.717) is 5.69 Å². The second kappa shape index (κ2) is 7.66. The van der Waals surface area contributed by atoms with Crippen molar-refractivity contribution in [2.24, 2.45) is 5.41 Å². The fourth-order valence-electron chi connectivity index (χ4n) is 4.87. The van der Waals surface area contributed by atoms with Gasteiger partial charge in [0.1, 0.15) is 5.82 Å². The van der Waals surface area contributed by atoms with Crippen LogP contribution >= 0.6 is 0 Å². The molecule has 2 aromatic rings. The van der Waals surface area contributed by atoms with Gasteiger partial charge in [0, 0.05) is 42.9 Å².